The quantitative estimate of drug-likeness (QED) is 0.501. The van der Waals surface area contributed by atoms with Crippen LogP contribution in [0.25, 0.3) is 0 Å². The van der Waals surface area contributed by atoms with Gasteiger partial charge < -0.3 is 5.11 Å². The number of halogens is 1. The molecule has 32 heavy (non-hydrogen) atoms. The number of rotatable bonds is 4. The van der Waals surface area contributed by atoms with Gasteiger partial charge in [0, 0.05) is 16.2 Å². The first-order chi connectivity index (χ1) is 15.2. The molecule has 0 spiro atoms. The number of ketones is 1. The van der Waals surface area contributed by atoms with Gasteiger partial charge in [-0.1, -0.05) is 43.7 Å². The number of carbonyl (C=O) groups is 1. The van der Waals surface area contributed by atoms with Crippen LogP contribution in [0.15, 0.2) is 59.0 Å². The zero-order valence-corrected chi connectivity index (χ0v) is 20.8. The van der Waals surface area contributed by atoms with Gasteiger partial charge in [-0.3, -0.25) is 4.79 Å². The van der Waals surface area contributed by atoms with E-state index in [9.17, 15) is 9.90 Å². The van der Waals surface area contributed by atoms with E-state index in [4.69, 9.17) is 0 Å². The molecular formula is C27H33FO2S2. The van der Waals surface area contributed by atoms with Crippen LogP contribution in [0.4, 0.5) is 4.39 Å². The first-order valence-corrected chi connectivity index (χ1v) is 13.7. The van der Waals surface area contributed by atoms with Crippen LogP contribution in [0.5, 0.6) is 0 Å². The molecule has 4 aliphatic carbocycles. The predicted molar refractivity (Wildman–Crippen MR) is 132 cm³/mol. The minimum atomic E-state index is -1.73. The summed E-state index contributed by atoms with van der Waals surface area (Å²) in [6, 6.07) is 10.5. The van der Waals surface area contributed by atoms with E-state index in [0.717, 1.165) is 30.6 Å². The summed E-state index contributed by atoms with van der Waals surface area (Å²) >= 11 is 3.92. The number of hydrogen-bond donors (Lipinski definition) is 1. The van der Waals surface area contributed by atoms with Crippen molar-refractivity contribution < 1.29 is 14.3 Å². The number of aliphatic hydroxyl groups excluding tert-OH is 1. The summed E-state index contributed by atoms with van der Waals surface area (Å²) in [6.07, 6.45) is 7.75. The van der Waals surface area contributed by atoms with Crippen LogP contribution in [0.1, 0.15) is 52.9 Å². The van der Waals surface area contributed by atoms with Crippen molar-refractivity contribution in [3.8, 4) is 0 Å². The molecule has 0 aliphatic heterocycles. The molecule has 5 rings (SSSR count). The van der Waals surface area contributed by atoms with Crippen LogP contribution >= 0.6 is 23.5 Å². The van der Waals surface area contributed by atoms with E-state index in [-0.39, 0.29) is 27.1 Å². The van der Waals surface area contributed by atoms with Gasteiger partial charge in [0.1, 0.15) is 0 Å². The van der Waals surface area contributed by atoms with Gasteiger partial charge in [-0.15, -0.1) is 23.5 Å². The monoisotopic (exact) mass is 472 g/mol. The highest BCUT2D eigenvalue weighted by Crippen LogP contribution is 2.74. The molecule has 172 valence electrons. The van der Waals surface area contributed by atoms with Crippen LogP contribution in [-0.2, 0) is 4.79 Å². The fourth-order valence-corrected chi connectivity index (χ4v) is 11.0. The molecule has 0 amide bonds. The van der Waals surface area contributed by atoms with Crippen LogP contribution in [0, 0.1) is 22.7 Å². The molecule has 1 aromatic rings. The molecule has 1 aromatic carbocycles. The standard InChI is InChI=1S/C27H33FO2S2/c1-4-31-26(32-20-8-6-5-7-9-20)15-13-21-22-11-10-18-16-19(29)12-14-24(18,2)27(22,28)23(30)17-25(21,26)3/h5-9,12,14,16,21-23,30H,4,10-11,13,15,17H2,1-3H3/t21-,22-,23-,24-,25-,26?,27?/m0/s1. The summed E-state index contributed by atoms with van der Waals surface area (Å²) in [4.78, 5) is 13.3. The average Bonchev–Trinajstić information content (AvgIpc) is 3.02. The van der Waals surface area contributed by atoms with Crippen LogP contribution < -0.4 is 0 Å². The van der Waals surface area contributed by atoms with Gasteiger partial charge in [0.2, 0.25) is 0 Å². The lowest BCUT2D eigenvalue weighted by Gasteiger charge is -2.63. The van der Waals surface area contributed by atoms with Crippen molar-refractivity contribution in [2.75, 3.05) is 5.75 Å². The Morgan fingerprint density at radius 1 is 1.16 bits per heavy atom. The van der Waals surface area contributed by atoms with Gasteiger partial charge in [-0.2, -0.15) is 0 Å². The first-order valence-electron chi connectivity index (χ1n) is 11.9. The Labute approximate surface area is 199 Å². The molecule has 0 heterocycles. The SMILES string of the molecule is CCSC1(Sc2ccccc2)CC[C@H]2[C@@H]3CCC4=CC(=O)C=C[C@]4(C)C3(F)[C@@H](O)C[C@@]21C. The summed E-state index contributed by atoms with van der Waals surface area (Å²) < 4.78 is 17.2. The van der Waals surface area contributed by atoms with Crippen molar-refractivity contribution in [1.82, 2.24) is 0 Å². The van der Waals surface area contributed by atoms with Crippen molar-refractivity contribution >= 4 is 29.3 Å². The molecule has 3 saturated carbocycles. The summed E-state index contributed by atoms with van der Waals surface area (Å²) in [5.41, 5.74) is -1.94. The van der Waals surface area contributed by atoms with E-state index in [2.05, 4.69) is 38.1 Å². The maximum Gasteiger partial charge on any atom is 0.178 e. The molecule has 7 atom stereocenters. The minimum Gasteiger partial charge on any atom is -0.390 e. The predicted octanol–water partition coefficient (Wildman–Crippen LogP) is 6.60. The highest BCUT2D eigenvalue weighted by Gasteiger charge is 2.73. The number of carbonyl (C=O) groups excluding carboxylic acids is 1. The topological polar surface area (TPSA) is 37.3 Å². The van der Waals surface area contributed by atoms with Crippen molar-refractivity contribution in [3.63, 3.8) is 0 Å². The zero-order valence-electron chi connectivity index (χ0n) is 19.1. The third-order valence-electron chi connectivity index (χ3n) is 9.09. The van der Waals surface area contributed by atoms with Gasteiger partial charge in [0.05, 0.1) is 10.2 Å². The van der Waals surface area contributed by atoms with Gasteiger partial charge >= 0.3 is 0 Å². The molecule has 2 nitrogen and oxygen atoms in total. The number of aliphatic hydroxyl groups is 1. The lowest BCUT2D eigenvalue weighted by molar-refractivity contribution is -0.189. The van der Waals surface area contributed by atoms with Crippen LogP contribution in [-0.4, -0.2) is 32.5 Å². The maximum atomic E-state index is 17.3. The molecule has 2 unspecified atom stereocenters. The van der Waals surface area contributed by atoms with Crippen LogP contribution in [0.2, 0.25) is 0 Å². The highest BCUT2D eigenvalue weighted by molar-refractivity contribution is 8.18. The van der Waals surface area contributed by atoms with E-state index in [1.165, 1.54) is 11.0 Å². The Morgan fingerprint density at radius 2 is 1.91 bits per heavy atom. The number of fused-ring (bicyclic) bond motifs is 5. The third kappa shape index (κ3) is 2.93. The van der Waals surface area contributed by atoms with Crippen LogP contribution in [0.3, 0.4) is 0 Å². The highest BCUT2D eigenvalue weighted by atomic mass is 32.2. The maximum absolute atomic E-state index is 17.3. The number of alkyl halides is 1. The van der Waals surface area contributed by atoms with E-state index in [1.807, 2.05) is 36.5 Å². The molecule has 5 heteroatoms. The summed E-state index contributed by atoms with van der Waals surface area (Å²) in [5, 5.41) is 11.6. The second-order valence-electron chi connectivity index (χ2n) is 10.4. The third-order valence-corrected chi connectivity index (χ3v) is 12.6. The number of allylic oxidation sites excluding steroid dienone is 4. The van der Waals surface area contributed by atoms with Gasteiger partial charge in [-0.25, -0.2) is 4.39 Å². The van der Waals surface area contributed by atoms with Gasteiger partial charge in [0.15, 0.2) is 11.5 Å². The fourth-order valence-electron chi connectivity index (χ4n) is 7.51. The lowest BCUT2D eigenvalue weighted by Crippen LogP contribution is -2.67. The molecular weight excluding hydrogens is 439 g/mol. The molecule has 3 fully saturated rings. The van der Waals surface area contributed by atoms with Crippen molar-refractivity contribution in [2.24, 2.45) is 22.7 Å². The van der Waals surface area contributed by atoms with E-state index >= 15 is 4.39 Å². The normalized spacial score (nSPS) is 45.1. The molecule has 0 radical (unpaired) electrons. The van der Waals surface area contributed by atoms with Crippen molar-refractivity contribution in [1.29, 1.82) is 0 Å². The number of thioether (sulfide) groups is 2. The number of hydrogen-bond acceptors (Lipinski definition) is 4. The molecule has 0 bridgehead atoms. The second kappa shape index (κ2) is 7.74. The largest absolute Gasteiger partial charge is 0.390 e. The molecule has 0 aromatic heterocycles. The Morgan fingerprint density at radius 3 is 2.62 bits per heavy atom. The van der Waals surface area contributed by atoms with Crippen molar-refractivity contribution in [2.45, 2.75) is 73.6 Å². The molecule has 1 N–H and O–H groups in total. The molecule has 0 saturated heterocycles. The Bertz CT molecular complexity index is 977. The van der Waals surface area contributed by atoms with E-state index < -0.39 is 17.2 Å². The smallest absolute Gasteiger partial charge is 0.178 e. The fraction of sp³-hybridized carbons (Fsp3) is 0.593. The van der Waals surface area contributed by atoms with E-state index in [0.29, 0.717) is 12.8 Å². The minimum absolute atomic E-state index is 0.0619. The first kappa shape index (κ1) is 22.7. The van der Waals surface area contributed by atoms with Crippen molar-refractivity contribution in [3.05, 3.63) is 54.1 Å². The lowest BCUT2D eigenvalue weighted by atomic mass is 9.46. The average molecular weight is 473 g/mol. The van der Waals surface area contributed by atoms with E-state index in [1.54, 1.807) is 12.2 Å². The van der Waals surface area contributed by atoms with Gasteiger partial charge in [0.25, 0.3) is 0 Å². The Balaban J connectivity index is 1.56. The number of benzene rings is 1. The summed E-state index contributed by atoms with van der Waals surface area (Å²) in [6.45, 7) is 6.43. The second-order valence-corrected chi connectivity index (χ2v) is 13.6. The van der Waals surface area contributed by atoms with Gasteiger partial charge in [-0.05, 0) is 80.4 Å². The Hall–Kier alpha value is -1.04. The zero-order chi connectivity index (χ0) is 22.8. The summed E-state index contributed by atoms with van der Waals surface area (Å²) in [5.74, 6) is 0.953. The Kier molecular flexibility index (Phi) is 5.50. The molecule has 4 aliphatic rings. The summed E-state index contributed by atoms with van der Waals surface area (Å²) in [7, 11) is 0.